The number of aryl methyl sites for hydroxylation is 1. The smallest absolute Gasteiger partial charge is 0.272 e. The highest BCUT2D eigenvalue weighted by atomic mass is 32.2. The molecule has 4 aromatic rings. The highest BCUT2D eigenvalue weighted by molar-refractivity contribution is 7.99. The van der Waals surface area contributed by atoms with E-state index in [2.05, 4.69) is 20.5 Å². The van der Waals surface area contributed by atoms with Crippen LogP contribution in [0.1, 0.15) is 11.3 Å². The number of rotatable bonds is 6. The Hall–Kier alpha value is -2.98. The van der Waals surface area contributed by atoms with Crippen LogP contribution in [0.2, 0.25) is 0 Å². The molecule has 0 fully saturated rings. The summed E-state index contributed by atoms with van der Waals surface area (Å²) in [6, 6.07) is 9.46. The van der Waals surface area contributed by atoms with Crippen molar-refractivity contribution in [3.63, 3.8) is 0 Å². The molecular weight excluding hydrogens is 413 g/mol. The van der Waals surface area contributed by atoms with Gasteiger partial charge < -0.3 is 5.32 Å². The van der Waals surface area contributed by atoms with Gasteiger partial charge in [0.15, 0.2) is 11.0 Å². The van der Waals surface area contributed by atoms with Crippen LogP contribution in [-0.2, 0) is 11.3 Å². The second-order valence-corrected chi connectivity index (χ2v) is 8.18. The minimum Gasteiger partial charge on any atom is -0.308 e. The summed E-state index contributed by atoms with van der Waals surface area (Å²) >= 11 is 2.49. The standard InChI is InChI=1S/C19H16FN5O2S2/c1-11-8-15(24-23-11)22-16(26)10-29-19-21-14-6-7-28-17(14)18(27)25(19)9-12-2-4-13(20)5-3-12/h2-8H,9-10H2,1H3,(H2,22,23,24,26). The van der Waals surface area contributed by atoms with Crippen molar-refractivity contribution >= 4 is 45.0 Å². The molecule has 0 saturated heterocycles. The Morgan fingerprint density at radius 1 is 1.31 bits per heavy atom. The van der Waals surface area contributed by atoms with Crippen molar-refractivity contribution in [1.82, 2.24) is 19.7 Å². The van der Waals surface area contributed by atoms with Crippen LogP contribution in [-0.4, -0.2) is 31.4 Å². The zero-order valence-electron chi connectivity index (χ0n) is 15.3. The summed E-state index contributed by atoms with van der Waals surface area (Å²) in [6.45, 7) is 2.08. The first-order chi connectivity index (χ1) is 14.0. The van der Waals surface area contributed by atoms with Gasteiger partial charge in [0.25, 0.3) is 5.56 Å². The average Bonchev–Trinajstić information content (AvgIpc) is 3.33. The number of hydrogen-bond acceptors (Lipinski definition) is 6. The van der Waals surface area contributed by atoms with E-state index in [0.717, 1.165) is 11.3 Å². The minimum atomic E-state index is -0.340. The first-order valence-electron chi connectivity index (χ1n) is 8.67. The van der Waals surface area contributed by atoms with Crippen molar-refractivity contribution in [2.45, 2.75) is 18.6 Å². The molecule has 0 aliphatic rings. The molecule has 0 atom stereocenters. The molecule has 29 heavy (non-hydrogen) atoms. The van der Waals surface area contributed by atoms with Crippen molar-refractivity contribution in [2.75, 3.05) is 11.1 Å². The number of fused-ring (bicyclic) bond motifs is 1. The molecule has 10 heteroatoms. The van der Waals surface area contributed by atoms with Crippen LogP contribution in [0, 0.1) is 12.7 Å². The van der Waals surface area contributed by atoms with Gasteiger partial charge in [0.1, 0.15) is 10.5 Å². The summed E-state index contributed by atoms with van der Waals surface area (Å²) in [5.41, 5.74) is 2.02. The average molecular weight is 430 g/mol. The second-order valence-electron chi connectivity index (χ2n) is 6.32. The molecule has 0 aliphatic heterocycles. The van der Waals surface area contributed by atoms with Crippen molar-refractivity contribution in [1.29, 1.82) is 0 Å². The maximum atomic E-state index is 13.2. The lowest BCUT2D eigenvalue weighted by Crippen LogP contribution is -2.24. The van der Waals surface area contributed by atoms with Gasteiger partial charge in [-0.2, -0.15) is 5.10 Å². The number of amides is 1. The molecule has 1 aromatic carbocycles. The summed E-state index contributed by atoms with van der Waals surface area (Å²) in [5, 5.41) is 11.7. The van der Waals surface area contributed by atoms with Crippen LogP contribution in [0.25, 0.3) is 10.2 Å². The molecule has 0 aliphatic carbocycles. The van der Waals surface area contributed by atoms with Gasteiger partial charge in [0.05, 0.1) is 17.8 Å². The lowest BCUT2D eigenvalue weighted by molar-refractivity contribution is -0.113. The first-order valence-corrected chi connectivity index (χ1v) is 10.5. The Morgan fingerprint density at radius 2 is 2.10 bits per heavy atom. The van der Waals surface area contributed by atoms with E-state index in [9.17, 15) is 14.0 Å². The Bertz CT molecular complexity index is 1230. The number of anilines is 1. The fourth-order valence-electron chi connectivity index (χ4n) is 2.74. The highest BCUT2D eigenvalue weighted by Gasteiger charge is 2.15. The number of aromatic nitrogens is 4. The normalized spacial score (nSPS) is 11.1. The van der Waals surface area contributed by atoms with E-state index in [1.54, 1.807) is 24.3 Å². The van der Waals surface area contributed by atoms with Gasteiger partial charge in [0, 0.05) is 11.8 Å². The summed E-state index contributed by atoms with van der Waals surface area (Å²) in [4.78, 5) is 29.8. The molecule has 0 unspecified atom stereocenters. The van der Waals surface area contributed by atoms with Crippen molar-refractivity contribution < 1.29 is 9.18 Å². The van der Waals surface area contributed by atoms with E-state index < -0.39 is 0 Å². The molecule has 2 N–H and O–H groups in total. The Balaban J connectivity index is 1.59. The summed E-state index contributed by atoms with van der Waals surface area (Å²) in [7, 11) is 0. The van der Waals surface area contributed by atoms with Gasteiger partial charge in [-0.15, -0.1) is 11.3 Å². The number of H-pyrrole nitrogens is 1. The predicted molar refractivity (Wildman–Crippen MR) is 112 cm³/mol. The van der Waals surface area contributed by atoms with Crippen LogP contribution in [0.3, 0.4) is 0 Å². The molecule has 3 heterocycles. The third-order valence-corrected chi connectivity index (χ3v) is 5.96. The van der Waals surface area contributed by atoms with E-state index in [-0.39, 0.29) is 29.6 Å². The van der Waals surface area contributed by atoms with Crippen molar-refractivity contribution in [3.8, 4) is 0 Å². The van der Waals surface area contributed by atoms with E-state index in [4.69, 9.17) is 0 Å². The predicted octanol–water partition coefficient (Wildman–Crippen LogP) is 3.41. The van der Waals surface area contributed by atoms with Gasteiger partial charge >= 0.3 is 0 Å². The minimum absolute atomic E-state index is 0.0669. The Labute approximate surface area is 173 Å². The molecule has 0 spiro atoms. The SMILES string of the molecule is Cc1cc(NC(=O)CSc2nc3ccsc3c(=O)n2Cc2ccc(F)cc2)n[nH]1. The molecule has 0 radical (unpaired) electrons. The maximum Gasteiger partial charge on any atom is 0.272 e. The zero-order chi connectivity index (χ0) is 20.4. The molecular formula is C19H16FN5O2S2. The number of carbonyl (C=O) groups is 1. The van der Waals surface area contributed by atoms with E-state index in [1.165, 1.54) is 39.8 Å². The number of hydrogen-bond donors (Lipinski definition) is 2. The molecule has 3 aromatic heterocycles. The lowest BCUT2D eigenvalue weighted by atomic mass is 10.2. The Kier molecular flexibility index (Phi) is 5.45. The maximum absolute atomic E-state index is 13.2. The second kappa shape index (κ2) is 8.18. The topological polar surface area (TPSA) is 92.7 Å². The summed E-state index contributed by atoms with van der Waals surface area (Å²) < 4.78 is 15.3. The van der Waals surface area contributed by atoms with Crippen LogP contribution in [0.4, 0.5) is 10.2 Å². The number of thiophene rings is 1. The van der Waals surface area contributed by atoms with E-state index in [0.29, 0.717) is 21.2 Å². The van der Waals surface area contributed by atoms with Crippen molar-refractivity contribution in [2.24, 2.45) is 0 Å². The fourth-order valence-corrected chi connectivity index (χ4v) is 4.31. The molecule has 7 nitrogen and oxygen atoms in total. The Morgan fingerprint density at radius 3 is 2.83 bits per heavy atom. The lowest BCUT2D eigenvalue weighted by Gasteiger charge is -2.12. The highest BCUT2D eigenvalue weighted by Crippen LogP contribution is 2.22. The first kappa shape index (κ1) is 19.3. The number of nitrogens with one attached hydrogen (secondary N) is 2. The number of carbonyl (C=O) groups excluding carboxylic acids is 1. The molecule has 0 bridgehead atoms. The van der Waals surface area contributed by atoms with Crippen LogP contribution < -0.4 is 10.9 Å². The fraction of sp³-hybridized carbons (Fsp3) is 0.158. The quantitative estimate of drug-likeness (QED) is 0.362. The van der Waals surface area contributed by atoms with E-state index in [1.807, 2.05) is 12.3 Å². The van der Waals surface area contributed by atoms with Crippen LogP contribution in [0.5, 0.6) is 0 Å². The molecule has 148 valence electrons. The zero-order valence-corrected chi connectivity index (χ0v) is 16.9. The largest absolute Gasteiger partial charge is 0.308 e. The molecule has 4 rings (SSSR count). The summed E-state index contributed by atoms with van der Waals surface area (Å²) in [5.74, 6) is -0.0856. The van der Waals surface area contributed by atoms with Gasteiger partial charge in [0.2, 0.25) is 5.91 Å². The third kappa shape index (κ3) is 4.38. The molecule has 0 saturated carbocycles. The van der Waals surface area contributed by atoms with Gasteiger partial charge in [-0.05, 0) is 36.1 Å². The van der Waals surface area contributed by atoms with Gasteiger partial charge in [-0.3, -0.25) is 19.3 Å². The number of aromatic amines is 1. The van der Waals surface area contributed by atoms with Gasteiger partial charge in [-0.25, -0.2) is 9.37 Å². The monoisotopic (exact) mass is 429 g/mol. The number of benzene rings is 1. The van der Waals surface area contributed by atoms with Gasteiger partial charge in [-0.1, -0.05) is 23.9 Å². The van der Waals surface area contributed by atoms with Crippen LogP contribution >= 0.6 is 23.1 Å². The van der Waals surface area contributed by atoms with Crippen LogP contribution in [0.15, 0.2) is 51.7 Å². The third-order valence-electron chi connectivity index (χ3n) is 4.09. The number of thioether (sulfide) groups is 1. The number of nitrogens with zero attached hydrogens (tertiary/aromatic N) is 3. The summed E-state index contributed by atoms with van der Waals surface area (Å²) in [6.07, 6.45) is 0. The van der Waals surface area contributed by atoms with Crippen molar-refractivity contribution in [3.05, 3.63) is 69.2 Å². The van der Waals surface area contributed by atoms with E-state index >= 15 is 0 Å². The molecule has 1 amide bonds. The number of halogens is 1.